The molecule has 9 nitrogen and oxygen atoms in total. The van der Waals surface area contributed by atoms with E-state index in [4.69, 9.17) is 9.68 Å². The van der Waals surface area contributed by atoms with E-state index >= 15 is 0 Å². The molecule has 4 amide bonds. The van der Waals surface area contributed by atoms with Gasteiger partial charge in [0.15, 0.2) is 11.5 Å². The van der Waals surface area contributed by atoms with E-state index in [0.717, 1.165) is 34.1 Å². The van der Waals surface area contributed by atoms with Crippen LogP contribution in [0, 0.1) is 47.3 Å². The summed E-state index contributed by atoms with van der Waals surface area (Å²) in [5.41, 5.74) is 2.12. The fourth-order valence-electron chi connectivity index (χ4n) is 8.13. The minimum Gasteiger partial charge on any atom is -0.369 e. The fraction of sp³-hybridized carbons (Fsp3) is 0.394. The predicted octanol–water partition coefficient (Wildman–Crippen LogP) is 3.52. The third-order valence-electron chi connectivity index (χ3n) is 10.0. The Morgan fingerprint density at radius 2 is 0.881 bits per heavy atom. The first-order chi connectivity index (χ1) is 20.4. The van der Waals surface area contributed by atoms with Gasteiger partial charge in [-0.05, 0) is 79.0 Å². The van der Waals surface area contributed by atoms with Crippen LogP contribution >= 0.6 is 0 Å². The molecule has 2 aliphatic heterocycles. The van der Waals surface area contributed by atoms with Crippen LogP contribution in [0.1, 0.15) is 24.0 Å². The minimum atomic E-state index is -0.279. The van der Waals surface area contributed by atoms with Gasteiger partial charge in [-0.3, -0.25) is 24.1 Å². The number of allylic oxidation sites excluding steroid dienone is 4. The van der Waals surface area contributed by atoms with Gasteiger partial charge in [-0.15, -0.1) is 10.1 Å². The maximum atomic E-state index is 12.9. The van der Waals surface area contributed by atoms with Crippen LogP contribution in [-0.2, 0) is 32.3 Å². The van der Waals surface area contributed by atoms with Crippen LogP contribution in [0.2, 0.25) is 0 Å². The first kappa shape index (κ1) is 25.5. The zero-order valence-electron chi connectivity index (χ0n) is 23.2. The number of carbonyl (C=O) groups excluding carboxylic acids is 4. The Hall–Kier alpha value is -4.24. The number of fused-ring (bicyclic) bond motifs is 10. The Bertz CT molecular complexity index is 1370. The van der Waals surface area contributed by atoms with Gasteiger partial charge in [0.2, 0.25) is 0 Å². The zero-order valence-corrected chi connectivity index (χ0v) is 23.2. The summed E-state index contributed by atoms with van der Waals surface area (Å²) in [5, 5.41) is 1.94. The molecule has 2 heterocycles. The lowest BCUT2D eigenvalue weighted by atomic mass is 9.85. The van der Waals surface area contributed by atoms with Crippen molar-refractivity contribution in [3.05, 3.63) is 84.0 Å². The van der Waals surface area contributed by atoms with Crippen molar-refractivity contribution >= 4 is 23.6 Å². The molecular formula is C33H31N3O6. The molecule has 8 atom stereocenters. The van der Waals surface area contributed by atoms with Gasteiger partial charge in [-0.1, -0.05) is 48.6 Å². The lowest BCUT2D eigenvalue weighted by Gasteiger charge is -2.19. The Morgan fingerprint density at radius 1 is 0.571 bits per heavy atom. The number of hydrogen-bond donors (Lipinski definition) is 0. The van der Waals surface area contributed by atoms with Gasteiger partial charge in [0.25, 0.3) is 23.6 Å². The smallest absolute Gasteiger partial charge is 0.267 e. The average Bonchev–Trinajstić information content (AvgIpc) is 3.84. The topological polar surface area (TPSA) is 96.5 Å². The van der Waals surface area contributed by atoms with Crippen molar-refractivity contribution in [2.45, 2.75) is 25.9 Å². The van der Waals surface area contributed by atoms with E-state index < -0.39 is 0 Å². The van der Waals surface area contributed by atoms with Crippen LogP contribution in [0.25, 0.3) is 0 Å². The van der Waals surface area contributed by atoms with Crippen LogP contribution in [-0.4, -0.2) is 45.7 Å². The molecule has 4 bridgehead atoms. The highest BCUT2D eigenvalue weighted by molar-refractivity contribution is 6.06. The highest BCUT2D eigenvalue weighted by Gasteiger charge is 2.61. The van der Waals surface area contributed by atoms with E-state index in [1.165, 1.54) is 0 Å². The molecule has 2 saturated heterocycles. The quantitative estimate of drug-likeness (QED) is 0.357. The lowest BCUT2D eigenvalue weighted by molar-refractivity contribution is -0.168. The first-order valence-corrected chi connectivity index (χ1v) is 14.7. The molecule has 42 heavy (non-hydrogen) atoms. The molecule has 6 aliphatic rings. The second kappa shape index (κ2) is 9.39. The summed E-state index contributed by atoms with van der Waals surface area (Å²) in [4.78, 5) is 65.2. The first-order valence-electron chi connectivity index (χ1n) is 14.7. The van der Waals surface area contributed by atoms with Crippen molar-refractivity contribution in [3.8, 4) is 11.5 Å². The van der Waals surface area contributed by atoms with Crippen LogP contribution in [0.3, 0.4) is 0 Å². The Morgan fingerprint density at radius 3 is 1.19 bits per heavy atom. The third-order valence-corrected chi connectivity index (χ3v) is 10.0. The molecule has 0 N–H and O–H groups in total. The highest BCUT2D eigenvalue weighted by Crippen LogP contribution is 2.53. The predicted molar refractivity (Wildman–Crippen MR) is 148 cm³/mol. The molecule has 4 fully saturated rings. The van der Waals surface area contributed by atoms with E-state index in [1.54, 1.807) is 24.3 Å². The van der Waals surface area contributed by atoms with Gasteiger partial charge in [0, 0.05) is 13.1 Å². The zero-order chi connectivity index (χ0) is 28.7. The van der Waals surface area contributed by atoms with Crippen molar-refractivity contribution in [1.82, 2.24) is 15.0 Å². The molecule has 0 spiro atoms. The summed E-state index contributed by atoms with van der Waals surface area (Å²) in [6.45, 7) is 1.35. The fourth-order valence-corrected chi connectivity index (χ4v) is 8.13. The summed E-state index contributed by atoms with van der Waals surface area (Å²) in [5.74, 6) is -0.511. The maximum absolute atomic E-state index is 12.9. The molecular weight excluding hydrogens is 534 g/mol. The monoisotopic (exact) mass is 565 g/mol. The van der Waals surface area contributed by atoms with E-state index in [-0.39, 0.29) is 71.0 Å². The standard InChI is InChI=1S/C33H31N3O6/c1-34(16-18-2-10-24(11-3-18)41-35-30(37)26-20-6-7-21(14-20)27(26)31(35)38)17-19-4-12-25(13-5-19)42-36-32(39)28-22-8-9-23(15-22)29(28)33(36)40/h2-13,20-23,26-29H,14-17H2,1H3/t20-,21+,22-,23+,26?,27?,28?,29?. The van der Waals surface area contributed by atoms with Gasteiger partial charge in [-0.2, -0.15) is 0 Å². The average molecular weight is 566 g/mol. The maximum Gasteiger partial charge on any atom is 0.267 e. The minimum absolute atomic E-state index is 0.151. The third kappa shape index (κ3) is 3.86. The Kier molecular flexibility index (Phi) is 5.69. The summed E-state index contributed by atoms with van der Waals surface area (Å²) in [6, 6.07) is 14.9. The van der Waals surface area contributed by atoms with E-state index in [1.807, 2.05) is 31.3 Å². The van der Waals surface area contributed by atoms with Crippen molar-refractivity contribution in [3.63, 3.8) is 0 Å². The second-order valence-corrected chi connectivity index (χ2v) is 12.6. The molecule has 8 rings (SSSR count). The number of rotatable bonds is 8. The number of nitrogens with zero attached hydrogens (tertiary/aromatic N) is 3. The van der Waals surface area contributed by atoms with Crippen LogP contribution in [0.5, 0.6) is 11.5 Å². The molecule has 9 heteroatoms. The van der Waals surface area contributed by atoms with Gasteiger partial charge in [0.05, 0.1) is 23.7 Å². The van der Waals surface area contributed by atoms with Crippen LogP contribution < -0.4 is 9.68 Å². The number of hydrogen-bond acceptors (Lipinski definition) is 7. The van der Waals surface area contributed by atoms with Crippen molar-refractivity contribution in [2.75, 3.05) is 7.05 Å². The molecule has 4 unspecified atom stereocenters. The number of amides is 4. The summed E-state index contributed by atoms with van der Waals surface area (Å²) in [6.07, 6.45) is 10.0. The van der Waals surface area contributed by atoms with E-state index in [9.17, 15) is 19.2 Å². The number of benzene rings is 2. The highest BCUT2D eigenvalue weighted by atomic mass is 16.7. The summed E-state index contributed by atoms with van der Waals surface area (Å²) in [7, 11) is 2.01. The number of hydroxylamine groups is 4. The molecule has 4 aliphatic carbocycles. The van der Waals surface area contributed by atoms with Crippen LogP contribution in [0.15, 0.2) is 72.8 Å². The van der Waals surface area contributed by atoms with Crippen molar-refractivity contribution in [2.24, 2.45) is 47.3 Å². The summed E-state index contributed by atoms with van der Waals surface area (Å²) >= 11 is 0. The van der Waals surface area contributed by atoms with Gasteiger partial charge >= 0.3 is 0 Å². The molecule has 214 valence electrons. The van der Waals surface area contributed by atoms with E-state index in [0.29, 0.717) is 24.6 Å². The Labute approximate surface area is 243 Å². The van der Waals surface area contributed by atoms with Crippen molar-refractivity contribution in [1.29, 1.82) is 0 Å². The Balaban J connectivity index is 0.846. The SMILES string of the molecule is CN(Cc1ccc(ON2C(=O)C3C(C2=O)[C@H]2C=C[C@@H]3C2)cc1)Cc1ccc(ON2C(=O)C3C(C2=O)[C@H]2C=C[C@@H]3C2)cc1. The second-order valence-electron chi connectivity index (χ2n) is 12.6. The summed E-state index contributed by atoms with van der Waals surface area (Å²) < 4.78 is 0. The van der Waals surface area contributed by atoms with Crippen molar-refractivity contribution < 1.29 is 28.9 Å². The van der Waals surface area contributed by atoms with Gasteiger partial charge in [0.1, 0.15) is 0 Å². The molecule has 2 saturated carbocycles. The number of imide groups is 2. The largest absolute Gasteiger partial charge is 0.369 e. The van der Waals surface area contributed by atoms with E-state index in [2.05, 4.69) is 29.2 Å². The molecule has 2 aromatic rings. The van der Waals surface area contributed by atoms with Gasteiger partial charge in [-0.25, -0.2) is 0 Å². The van der Waals surface area contributed by atoms with Gasteiger partial charge < -0.3 is 9.68 Å². The molecule has 0 aromatic heterocycles. The lowest BCUT2D eigenvalue weighted by Crippen LogP contribution is -2.36. The normalized spacial score (nSPS) is 33.5. The van der Waals surface area contributed by atoms with Crippen LogP contribution in [0.4, 0.5) is 0 Å². The molecule has 0 radical (unpaired) electrons. The number of carbonyl (C=O) groups is 4. The molecule has 2 aromatic carbocycles.